The van der Waals surface area contributed by atoms with E-state index in [-0.39, 0.29) is 37.6 Å². The van der Waals surface area contributed by atoms with Gasteiger partial charge in [0.2, 0.25) is 33.3 Å². The van der Waals surface area contributed by atoms with E-state index in [2.05, 4.69) is 9.71 Å². The molecule has 1 aromatic carbocycles. The first kappa shape index (κ1) is 42.9. The van der Waals surface area contributed by atoms with Gasteiger partial charge in [-0.2, -0.15) is 13.2 Å². The number of alkyl halides is 3. The molecule has 3 fully saturated rings. The number of fused-ring (bicyclic) bond motifs is 5. The van der Waals surface area contributed by atoms with Gasteiger partial charge in [-0.15, -0.1) is 0 Å². The van der Waals surface area contributed by atoms with Crippen LogP contribution in [0.4, 0.5) is 13.2 Å². The highest BCUT2D eigenvalue weighted by Crippen LogP contribution is 2.58. The van der Waals surface area contributed by atoms with Gasteiger partial charge < -0.3 is 19.1 Å². The minimum absolute atomic E-state index is 0.00980. The third-order valence-corrected chi connectivity index (χ3v) is 15.6. The average Bonchev–Trinajstić information content (AvgIpc) is 3.94. The maximum absolute atomic E-state index is 15.0. The lowest BCUT2D eigenvalue weighted by Gasteiger charge is -2.34. The molecule has 2 amide bonds. The second-order valence-corrected chi connectivity index (χ2v) is 20.3. The first-order valence-electron chi connectivity index (χ1n) is 20.7. The van der Waals surface area contributed by atoms with Crippen LogP contribution in [0.5, 0.6) is 11.6 Å². The molecule has 59 heavy (non-hydrogen) atoms. The number of aromatic nitrogens is 1. The van der Waals surface area contributed by atoms with E-state index in [4.69, 9.17) is 14.2 Å². The van der Waals surface area contributed by atoms with Crippen molar-refractivity contribution in [2.75, 3.05) is 13.2 Å². The monoisotopic (exact) mass is 845 g/mol. The molecule has 3 aliphatic heterocycles. The zero-order valence-corrected chi connectivity index (χ0v) is 35.0. The average molecular weight is 846 g/mol. The molecule has 1 N–H and O–H groups in total. The molecule has 1 aromatic heterocycles. The number of Topliss-reactive ketones (excluding diaryl/α,β-unsaturated/α-hetero) is 1. The smallest absolute Gasteiger partial charge is 0.427 e. The Kier molecular flexibility index (Phi) is 11.4. The van der Waals surface area contributed by atoms with Gasteiger partial charge in [0.05, 0.1) is 41.7 Å². The van der Waals surface area contributed by atoms with Crippen molar-refractivity contribution < 1.29 is 55.0 Å². The van der Waals surface area contributed by atoms with Gasteiger partial charge in [0, 0.05) is 36.2 Å². The van der Waals surface area contributed by atoms with E-state index < -0.39 is 91.8 Å². The molecule has 12 nitrogen and oxygen atoms in total. The second-order valence-electron chi connectivity index (χ2n) is 18.1. The van der Waals surface area contributed by atoms with Crippen molar-refractivity contribution in [3.8, 4) is 11.6 Å². The molecule has 2 aromatic rings. The Hall–Kier alpha value is -4.21. The second kappa shape index (κ2) is 15.7. The van der Waals surface area contributed by atoms with Crippen LogP contribution in [0.25, 0.3) is 10.8 Å². The number of benzene rings is 1. The Balaban J connectivity index is 1.24. The Morgan fingerprint density at radius 1 is 1.10 bits per heavy atom. The number of amides is 2. The molecule has 2 saturated carbocycles. The molecule has 2 aliphatic carbocycles. The van der Waals surface area contributed by atoms with E-state index in [1.807, 2.05) is 44.2 Å². The topological polar surface area (TPSA) is 158 Å². The Morgan fingerprint density at radius 3 is 2.54 bits per heavy atom. The molecule has 5 aliphatic rings. The molecule has 0 radical (unpaired) electrons. The van der Waals surface area contributed by atoms with Crippen LogP contribution in [0.2, 0.25) is 0 Å². The van der Waals surface area contributed by atoms with E-state index >= 15 is 4.79 Å². The normalized spacial score (nSPS) is 30.2. The van der Waals surface area contributed by atoms with Crippen molar-refractivity contribution in [3.63, 3.8) is 0 Å². The van der Waals surface area contributed by atoms with Crippen molar-refractivity contribution in [1.82, 2.24) is 14.6 Å². The van der Waals surface area contributed by atoms with Crippen LogP contribution in [-0.4, -0.2) is 83.7 Å². The summed E-state index contributed by atoms with van der Waals surface area (Å²) in [7, 11) is -4.03. The molecule has 322 valence electrons. The lowest BCUT2D eigenvalue weighted by Crippen LogP contribution is -2.49. The fourth-order valence-electron chi connectivity index (χ4n) is 9.03. The number of nitrogens with zero attached hydrogens (tertiary/aromatic N) is 2. The van der Waals surface area contributed by atoms with E-state index in [0.717, 1.165) is 37.0 Å². The van der Waals surface area contributed by atoms with Gasteiger partial charge >= 0.3 is 12.1 Å². The predicted molar refractivity (Wildman–Crippen MR) is 211 cm³/mol. The number of ketones is 1. The number of ether oxygens (including phenoxy) is 3. The molecule has 7 atom stereocenters. The summed E-state index contributed by atoms with van der Waals surface area (Å²) in [6.07, 6.45) is 2.69. The fraction of sp³-hybridized carbons (Fsp3) is 0.651. The molecular formula is C43H54F3N3O9S. The Labute approximate surface area is 343 Å². The summed E-state index contributed by atoms with van der Waals surface area (Å²) in [5.74, 6) is -4.04. The van der Waals surface area contributed by atoms with Crippen molar-refractivity contribution in [2.45, 2.75) is 134 Å². The highest BCUT2D eigenvalue weighted by molar-refractivity contribution is 7.91. The van der Waals surface area contributed by atoms with E-state index in [0.29, 0.717) is 50.5 Å². The fourth-order valence-corrected chi connectivity index (χ4v) is 10.4. The Morgan fingerprint density at radius 2 is 1.85 bits per heavy atom. The summed E-state index contributed by atoms with van der Waals surface area (Å²) in [6.45, 7) is 7.36. The number of nitrogens with one attached hydrogen (secondary N) is 1. The van der Waals surface area contributed by atoms with Crippen LogP contribution in [0.1, 0.15) is 104 Å². The summed E-state index contributed by atoms with van der Waals surface area (Å²) in [5.41, 5.74) is -3.14. The number of hydrogen-bond acceptors (Lipinski definition) is 10. The molecule has 4 heterocycles. The van der Waals surface area contributed by atoms with E-state index in [1.165, 1.54) is 4.90 Å². The number of halogens is 3. The van der Waals surface area contributed by atoms with Crippen LogP contribution in [0, 0.1) is 29.1 Å². The summed E-state index contributed by atoms with van der Waals surface area (Å²) in [6, 6.07) is 4.48. The zero-order valence-electron chi connectivity index (χ0n) is 34.2. The highest BCUT2D eigenvalue weighted by Gasteiger charge is 2.63. The van der Waals surface area contributed by atoms with Crippen LogP contribution >= 0.6 is 0 Å². The maximum atomic E-state index is 15.0. The lowest BCUT2D eigenvalue weighted by molar-refractivity contribution is -0.257. The molecule has 16 heteroatoms. The third kappa shape index (κ3) is 8.43. The van der Waals surface area contributed by atoms with Gasteiger partial charge in [0.15, 0.2) is 5.78 Å². The van der Waals surface area contributed by atoms with Crippen molar-refractivity contribution in [1.29, 1.82) is 0 Å². The number of allylic oxidation sites excluding steroid dienone is 2. The summed E-state index contributed by atoms with van der Waals surface area (Å²) >= 11 is 0. The van der Waals surface area contributed by atoms with Crippen LogP contribution in [0.15, 0.2) is 36.5 Å². The molecule has 0 unspecified atom stereocenters. The van der Waals surface area contributed by atoms with Gasteiger partial charge in [-0.05, 0) is 94.7 Å². The number of pyridine rings is 1. The number of carbonyl (C=O) groups excluding carboxylic acids is 4. The maximum Gasteiger partial charge on any atom is 0.427 e. The highest BCUT2D eigenvalue weighted by atomic mass is 32.2. The molecular weight excluding hydrogens is 792 g/mol. The SMILES string of the molecule is CC[C@@H]1C[C@@H](C)CC/C=C\[C@@H]2C[C@@]2(C(=O)NS(=O)(=O)C2(C)CC2)CC(=O)[C@@H]2C[C@@H](Oc3nccc4c5c(ccc34)CCO5)CN2C(=O)[C@H]1CC(=O)OC(C)(C)C(F)(F)F. The molecule has 0 spiro atoms. The van der Waals surface area contributed by atoms with E-state index in [1.54, 1.807) is 13.1 Å². The van der Waals surface area contributed by atoms with Gasteiger partial charge in [-0.3, -0.25) is 23.9 Å². The summed E-state index contributed by atoms with van der Waals surface area (Å²) in [5, 5.41) is 1.46. The van der Waals surface area contributed by atoms with Gasteiger partial charge in [-0.1, -0.05) is 38.5 Å². The van der Waals surface area contributed by atoms with Crippen LogP contribution < -0.4 is 14.2 Å². The van der Waals surface area contributed by atoms with Gasteiger partial charge in [0.1, 0.15) is 11.9 Å². The van der Waals surface area contributed by atoms with Crippen LogP contribution in [-0.2, 0) is 40.4 Å². The minimum atomic E-state index is -4.86. The largest absolute Gasteiger partial charge is 0.492 e. The summed E-state index contributed by atoms with van der Waals surface area (Å²) in [4.78, 5) is 63.0. The van der Waals surface area contributed by atoms with E-state index in [9.17, 15) is 36.0 Å². The first-order valence-corrected chi connectivity index (χ1v) is 22.2. The van der Waals surface area contributed by atoms with Gasteiger partial charge in [-0.25, -0.2) is 13.4 Å². The first-order chi connectivity index (χ1) is 27.7. The van der Waals surface area contributed by atoms with Crippen LogP contribution in [0.3, 0.4) is 0 Å². The molecule has 1 saturated heterocycles. The van der Waals surface area contributed by atoms with Crippen molar-refractivity contribution in [2.24, 2.45) is 29.1 Å². The molecule has 0 bridgehead atoms. The number of carbonyl (C=O) groups is 4. The van der Waals surface area contributed by atoms with Crippen molar-refractivity contribution in [3.05, 3.63) is 42.1 Å². The zero-order chi connectivity index (χ0) is 42.7. The molecule has 7 rings (SSSR count). The summed E-state index contributed by atoms with van der Waals surface area (Å²) < 4.78 is 86.6. The number of rotatable bonds is 9. The Bertz CT molecular complexity index is 2150. The van der Waals surface area contributed by atoms with Crippen molar-refractivity contribution >= 4 is 44.4 Å². The minimum Gasteiger partial charge on any atom is -0.492 e. The quantitative estimate of drug-likeness (QED) is 0.211. The third-order valence-electron chi connectivity index (χ3n) is 13.4. The number of sulfonamides is 1. The number of esters is 1. The number of hydrogen-bond donors (Lipinski definition) is 1. The lowest BCUT2D eigenvalue weighted by atomic mass is 9.79. The van der Waals surface area contributed by atoms with Gasteiger partial charge in [0.25, 0.3) is 0 Å². The standard InChI is InChI=1S/C43H54F3N3O9S/c1-6-26-19-25(2)9-7-8-10-28-22-42(28,39(53)48-59(54,55)41(5)15-16-41)23-34(50)33-20-29(57-37-31-12-11-27-14-18-56-36(27)30(31)13-17-47-37)24-49(33)38(52)32(26)21-35(51)58-40(3,4)43(44,45)46/h8,10-13,17,25-26,28-29,32-33H,6-7,9,14-16,18-24H2,1-5H3,(H,48,53)/b10-8-/t25-,26+,28+,29+,32-,33-,42+/m0/s1. The predicted octanol–water partition coefficient (Wildman–Crippen LogP) is 6.77.